The Morgan fingerprint density at radius 3 is 2.71 bits per heavy atom. The number of hydrogen-bond acceptors (Lipinski definition) is 2. The molecule has 2 N–H and O–H groups in total. The van der Waals surface area contributed by atoms with Gasteiger partial charge in [0.2, 0.25) is 5.91 Å². The highest BCUT2D eigenvalue weighted by atomic mass is 16.2. The molecule has 0 spiro atoms. The third-order valence-corrected chi connectivity index (χ3v) is 5.30. The summed E-state index contributed by atoms with van der Waals surface area (Å²) in [5.74, 6) is 0.733. The summed E-state index contributed by atoms with van der Waals surface area (Å²) in [7, 11) is 0. The molecular weight excluding hydrogens is 260 g/mol. The molecule has 3 rings (SSSR count). The Labute approximate surface area is 127 Å². The number of fused-ring (bicyclic) bond motifs is 1. The van der Waals surface area contributed by atoms with Gasteiger partial charge in [0.15, 0.2) is 0 Å². The summed E-state index contributed by atoms with van der Waals surface area (Å²) in [6, 6.07) is 8.36. The Hall–Kier alpha value is -1.35. The van der Waals surface area contributed by atoms with Gasteiger partial charge in [-0.15, -0.1) is 0 Å². The highest BCUT2D eigenvalue weighted by molar-refractivity contribution is 5.99. The van der Waals surface area contributed by atoms with E-state index >= 15 is 0 Å². The fraction of sp³-hybridized carbons (Fsp3) is 0.611. The van der Waals surface area contributed by atoms with Crippen LogP contribution >= 0.6 is 0 Å². The summed E-state index contributed by atoms with van der Waals surface area (Å²) in [5, 5.41) is 0. The first-order valence-electron chi connectivity index (χ1n) is 8.27. The highest BCUT2D eigenvalue weighted by Gasteiger charge is 2.41. The molecule has 3 heteroatoms. The van der Waals surface area contributed by atoms with E-state index in [1.807, 2.05) is 11.0 Å². The van der Waals surface area contributed by atoms with E-state index in [2.05, 4.69) is 25.1 Å². The zero-order valence-electron chi connectivity index (χ0n) is 13.0. The Kier molecular flexibility index (Phi) is 4.03. The molecule has 1 amide bonds. The Balaban J connectivity index is 1.87. The number of benzene rings is 1. The average Bonchev–Trinajstić information content (AvgIpc) is 2.87. The fourth-order valence-electron chi connectivity index (χ4n) is 4.01. The van der Waals surface area contributed by atoms with Crippen molar-refractivity contribution in [3.63, 3.8) is 0 Å². The van der Waals surface area contributed by atoms with Crippen molar-refractivity contribution < 1.29 is 4.79 Å². The van der Waals surface area contributed by atoms with E-state index in [0.29, 0.717) is 18.4 Å². The van der Waals surface area contributed by atoms with Crippen LogP contribution in [0.3, 0.4) is 0 Å². The summed E-state index contributed by atoms with van der Waals surface area (Å²) in [4.78, 5) is 15.2. The van der Waals surface area contributed by atoms with Gasteiger partial charge in [-0.2, -0.15) is 0 Å². The number of hydrogen-bond donors (Lipinski definition) is 1. The molecule has 1 unspecified atom stereocenters. The number of carbonyl (C=O) groups is 1. The molecule has 1 aliphatic heterocycles. The monoisotopic (exact) mass is 286 g/mol. The molecule has 21 heavy (non-hydrogen) atoms. The van der Waals surface area contributed by atoms with Crippen molar-refractivity contribution in [2.75, 3.05) is 18.0 Å². The minimum Gasteiger partial charge on any atom is -0.330 e. The molecule has 0 aromatic heterocycles. The number of amides is 1. The number of para-hydroxylation sites is 1. The maximum atomic E-state index is 13.1. The maximum Gasteiger partial charge on any atom is 0.232 e. The van der Waals surface area contributed by atoms with E-state index in [9.17, 15) is 4.79 Å². The second-order valence-corrected chi connectivity index (χ2v) is 6.87. The van der Waals surface area contributed by atoms with Crippen molar-refractivity contribution in [2.45, 2.75) is 51.4 Å². The first kappa shape index (κ1) is 14.6. The van der Waals surface area contributed by atoms with E-state index < -0.39 is 0 Å². The van der Waals surface area contributed by atoms with Crippen LogP contribution in [-0.4, -0.2) is 19.0 Å². The molecule has 114 valence electrons. The van der Waals surface area contributed by atoms with Crippen molar-refractivity contribution in [1.29, 1.82) is 0 Å². The van der Waals surface area contributed by atoms with Crippen LogP contribution in [0, 0.1) is 5.41 Å². The molecule has 1 heterocycles. The molecule has 1 fully saturated rings. The molecule has 1 aromatic rings. The van der Waals surface area contributed by atoms with Crippen LogP contribution in [0.15, 0.2) is 24.3 Å². The number of anilines is 1. The fourth-order valence-corrected chi connectivity index (χ4v) is 4.01. The van der Waals surface area contributed by atoms with E-state index in [1.165, 1.54) is 24.8 Å². The van der Waals surface area contributed by atoms with E-state index in [-0.39, 0.29) is 5.41 Å². The van der Waals surface area contributed by atoms with Gasteiger partial charge in [-0.05, 0) is 37.4 Å². The standard InChI is InChI=1S/C18H26N2O/c1-18(10-5-2-6-11-18)17(21)20-13-14(9-12-19)15-7-3-4-8-16(15)20/h3-4,7-8,14H,2,5-6,9-13,19H2,1H3. The molecular formula is C18H26N2O. The lowest BCUT2D eigenvalue weighted by Gasteiger charge is -2.36. The Bertz CT molecular complexity index is 520. The quantitative estimate of drug-likeness (QED) is 0.925. The van der Waals surface area contributed by atoms with Crippen LogP contribution in [0.25, 0.3) is 0 Å². The average molecular weight is 286 g/mol. The third-order valence-electron chi connectivity index (χ3n) is 5.30. The van der Waals surface area contributed by atoms with Gasteiger partial charge in [0.1, 0.15) is 0 Å². The summed E-state index contributed by atoms with van der Waals surface area (Å²) in [5.41, 5.74) is 8.01. The number of carbonyl (C=O) groups excluding carboxylic acids is 1. The second kappa shape index (κ2) is 5.80. The first-order valence-corrected chi connectivity index (χ1v) is 8.27. The zero-order chi connectivity index (χ0) is 14.9. The largest absolute Gasteiger partial charge is 0.330 e. The molecule has 1 saturated carbocycles. The summed E-state index contributed by atoms with van der Waals surface area (Å²) < 4.78 is 0. The van der Waals surface area contributed by atoms with E-state index in [0.717, 1.165) is 31.5 Å². The molecule has 1 aromatic carbocycles. The molecule has 0 bridgehead atoms. The normalized spacial score (nSPS) is 23.9. The van der Waals surface area contributed by atoms with E-state index in [1.54, 1.807) is 0 Å². The van der Waals surface area contributed by atoms with Gasteiger partial charge in [-0.3, -0.25) is 4.79 Å². The van der Waals surface area contributed by atoms with E-state index in [4.69, 9.17) is 5.73 Å². The topological polar surface area (TPSA) is 46.3 Å². The summed E-state index contributed by atoms with van der Waals surface area (Å²) in [6.45, 7) is 3.65. The van der Waals surface area contributed by atoms with Crippen molar-refractivity contribution in [2.24, 2.45) is 11.1 Å². The van der Waals surface area contributed by atoms with Crippen LogP contribution in [-0.2, 0) is 4.79 Å². The van der Waals surface area contributed by atoms with Crippen molar-refractivity contribution in [1.82, 2.24) is 0 Å². The molecule has 1 atom stereocenters. The molecule has 1 aliphatic carbocycles. The third kappa shape index (κ3) is 2.59. The van der Waals surface area contributed by atoms with Crippen LogP contribution in [0.2, 0.25) is 0 Å². The Morgan fingerprint density at radius 1 is 1.29 bits per heavy atom. The predicted octanol–water partition coefficient (Wildman–Crippen LogP) is 3.44. The summed E-state index contributed by atoms with van der Waals surface area (Å²) >= 11 is 0. The second-order valence-electron chi connectivity index (χ2n) is 6.87. The highest BCUT2D eigenvalue weighted by Crippen LogP contribution is 2.43. The lowest BCUT2D eigenvalue weighted by Crippen LogP contribution is -2.43. The van der Waals surface area contributed by atoms with Gasteiger partial charge in [-0.1, -0.05) is 44.4 Å². The Morgan fingerprint density at radius 2 is 2.00 bits per heavy atom. The van der Waals surface area contributed by atoms with Crippen LogP contribution in [0.5, 0.6) is 0 Å². The zero-order valence-corrected chi connectivity index (χ0v) is 13.0. The molecule has 0 radical (unpaired) electrons. The van der Waals surface area contributed by atoms with Gasteiger partial charge < -0.3 is 10.6 Å². The van der Waals surface area contributed by atoms with Gasteiger partial charge >= 0.3 is 0 Å². The number of nitrogens with two attached hydrogens (primary N) is 1. The van der Waals surface area contributed by atoms with Gasteiger partial charge in [-0.25, -0.2) is 0 Å². The van der Waals surface area contributed by atoms with Gasteiger partial charge in [0, 0.05) is 23.6 Å². The molecule has 2 aliphatic rings. The van der Waals surface area contributed by atoms with Crippen LogP contribution in [0.4, 0.5) is 5.69 Å². The minimum atomic E-state index is -0.164. The maximum absolute atomic E-state index is 13.1. The number of rotatable bonds is 3. The van der Waals surface area contributed by atoms with Crippen molar-refractivity contribution in [3.05, 3.63) is 29.8 Å². The van der Waals surface area contributed by atoms with Gasteiger partial charge in [0.05, 0.1) is 0 Å². The SMILES string of the molecule is CC1(C(=O)N2CC(CCN)c3ccccc32)CCCCC1. The lowest BCUT2D eigenvalue weighted by molar-refractivity contribution is -0.129. The molecule has 3 nitrogen and oxygen atoms in total. The number of nitrogens with zero attached hydrogens (tertiary/aromatic N) is 1. The predicted molar refractivity (Wildman–Crippen MR) is 86.4 cm³/mol. The van der Waals surface area contributed by atoms with Gasteiger partial charge in [0.25, 0.3) is 0 Å². The first-order chi connectivity index (χ1) is 10.2. The van der Waals surface area contributed by atoms with Crippen molar-refractivity contribution in [3.8, 4) is 0 Å². The smallest absolute Gasteiger partial charge is 0.232 e. The molecule has 0 saturated heterocycles. The minimum absolute atomic E-state index is 0.164. The van der Waals surface area contributed by atoms with Crippen LogP contribution in [0.1, 0.15) is 56.9 Å². The summed E-state index contributed by atoms with van der Waals surface area (Å²) in [6.07, 6.45) is 6.67. The lowest BCUT2D eigenvalue weighted by atomic mass is 9.74. The van der Waals surface area contributed by atoms with Crippen LogP contribution < -0.4 is 10.6 Å². The van der Waals surface area contributed by atoms with Crippen molar-refractivity contribution >= 4 is 11.6 Å².